The van der Waals surface area contributed by atoms with Gasteiger partial charge >= 0.3 is 5.97 Å². The van der Waals surface area contributed by atoms with Gasteiger partial charge in [0.15, 0.2) is 5.82 Å². The molecule has 0 bridgehead atoms. The fourth-order valence-electron chi connectivity index (χ4n) is 1.18. The normalized spacial score (nSPS) is 12.1. The van der Waals surface area contributed by atoms with E-state index in [4.69, 9.17) is 15.6 Å². The first kappa shape index (κ1) is 13.0. The summed E-state index contributed by atoms with van der Waals surface area (Å²) in [5, 5.41) is 11.5. The molecular weight excluding hydrogens is 228 g/mol. The molecule has 1 aromatic rings. The number of hydrogen-bond donors (Lipinski definition) is 4. The molecule has 8 nitrogen and oxygen atoms in total. The minimum absolute atomic E-state index is 0.0530. The van der Waals surface area contributed by atoms with Crippen LogP contribution in [0.5, 0.6) is 0 Å². The van der Waals surface area contributed by atoms with Gasteiger partial charge < -0.3 is 25.9 Å². The number of methoxy groups -OCH3 is 1. The lowest BCUT2D eigenvalue weighted by molar-refractivity contribution is -0.138. The molecule has 0 amide bonds. The molecule has 0 aromatic carbocycles. The molecule has 0 saturated heterocycles. The first-order chi connectivity index (χ1) is 8.06. The van der Waals surface area contributed by atoms with E-state index in [-0.39, 0.29) is 24.5 Å². The van der Waals surface area contributed by atoms with Crippen LogP contribution in [0.3, 0.4) is 0 Å². The molecule has 17 heavy (non-hydrogen) atoms. The van der Waals surface area contributed by atoms with Gasteiger partial charge in [-0.05, 0) is 0 Å². The number of aliphatic carboxylic acids is 1. The topological polar surface area (TPSA) is 130 Å². The molecule has 8 heteroatoms. The highest BCUT2D eigenvalue weighted by molar-refractivity contribution is 5.78. The number of ether oxygens (including phenoxy) is 1. The predicted octanol–water partition coefficient (Wildman–Crippen LogP) is -0.746. The van der Waals surface area contributed by atoms with Gasteiger partial charge in [-0.15, -0.1) is 0 Å². The van der Waals surface area contributed by atoms with Crippen LogP contribution in [-0.4, -0.2) is 40.8 Å². The number of rotatable bonds is 6. The molecule has 1 rings (SSSR count). The largest absolute Gasteiger partial charge is 0.480 e. The van der Waals surface area contributed by atoms with Crippen molar-refractivity contribution in [2.75, 3.05) is 24.8 Å². The summed E-state index contributed by atoms with van der Waals surface area (Å²) < 4.78 is 4.79. The van der Waals surface area contributed by atoms with Crippen LogP contribution in [0.25, 0.3) is 0 Å². The number of nitrogens with two attached hydrogens (primary N) is 1. The number of aromatic amines is 1. The second-order valence-electron chi connectivity index (χ2n) is 3.31. The summed E-state index contributed by atoms with van der Waals surface area (Å²) in [6, 6.07) is -0.911. The molecule has 1 aromatic heterocycles. The third kappa shape index (κ3) is 3.45. The maximum Gasteiger partial charge on any atom is 0.326 e. The van der Waals surface area contributed by atoms with Gasteiger partial charge in [0.1, 0.15) is 11.7 Å². The van der Waals surface area contributed by atoms with Crippen molar-refractivity contribution in [1.29, 1.82) is 0 Å². The van der Waals surface area contributed by atoms with Crippen molar-refractivity contribution >= 4 is 17.5 Å². The molecule has 0 radical (unpaired) electrons. The zero-order chi connectivity index (χ0) is 12.8. The number of aromatic nitrogens is 2. The Bertz CT molecular complexity index is 445. The van der Waals surface area contributed by atoms with Crippen molar-refractivity contribution in [3.8, 4) is 0 Å². The maximum atomic E-state index is 11.2. The lowest BCUT2D eigenvalue weighted by Gasteiger charge is -2.15. The molecule has 0 aliphatic carbocycles. The van der Waals surface area contributed by atoms with E-state index in [9.17, 15) is 9.59 Å². The summed E-state index contributed by atoms with van der Waals surface area (Å²) in [6.45, 7) is 0.271. The summed E-state index contributed by atoms with van der Waals surface area (Å²) >= 11 is 0. The number of hydrogen-bond acceptors (Lipinski definition) is 6. The van der Waals surface area contributed by atoms with Crippen LogP contribution in [0.15, 0.2) is 11.1 Å². The second kappa shape index (κ2) is 5.85. The van der Waals surface area contributed by atoms with Crippen molar-refractivity contribution in [3.05, 3.63) is 16.7 Å². The molecule has 0 fully saturated rings. The van der Waals surface area contributed by atoms with E-state index in [2.05, 4.69) is 15.3 Å². The van der Waals surface area contributed by atoms with Crippen molar-refractivity contribution in [2.45, 2.75) is 12.5 Å². The van der Waals surface area contributed by atoms with Gasteiger partial charge in [-0.1, -0.05) is 0 Å². The number of carboxylic acids is 1. The highest BCUT2D eigenvalue weighted by atomic mass is 16.5. The first-order valence-electron chi connectivity index (χ1n) is 4.87. The van der Waals surface area contributed by atoms with Crippen molar-refractivity contribution in [2.24, 2.45) is 0 Å². The molecule has 1 heterocycles. The smallest absolute Gasteiger partial charge is 0.326 e. The number of anilines is 2. The molecule has 1 atom stereocenters. The lowest BCUT2D eigenvalue weighted by Crippen LogP contribution is -2.32. The quantitative estimate of drug-likeness (QED) is 0.516. The number of nitrogen functional groups attached to an aromatic ring is 1. The van der Waals surface area contributed by atoms with Crippen molar-refractivity contribution in [3.63, 3.8) is 0 Å². The summed E-state index contributed by atoms with van der Waals surface area (Å²) in [5.41, 5.74) is 4.81. The van der Waals surface area contributed by atoms with E-state index in [0.29, 0.717) is 0 Å². The minimum Gasteiger partial charge on any atom is -0.480 e. The average Bonchev–Trinajstić information content (AvgIpc) is 2.29. The molecule has 0 aliphatic rings. The Kier molecular flexibility index (Phi) is 4.46. The number of nitrogens with one attached hydrogen (secondary N) is 2. The number of carbonyl (C=O) groups is 1. The van der Waals surface area contributed by atoms with E-state index < -0.39 is 17.6 Å². The minimum atomic E-state index is -1.07. The third-order valence-electron chi connectivity index (χ3n) is 2.11. The van der Waals surface area contributed by atoms with Crippen LogP contribution >= 0.6 is 0 Å². The van der Waals surface area contributed by atoms with E-state index in [1.54, 1.807) is 0 Å². The zero-order valence-corrected chi connectivity index (χ0v) is 9.27. The average molecular weight is 242 g/mol. The first-order valence-corrected chi connectivity index (χ1v) is 4.87. The molecular formula is C9H14N4O4. The van der Waals surface area contributed by atoms with Crippen molar-refractivity contribution < 1.29 is 14.6 Å². The van der Waals surface area contributed by atoms with Gasteiger partial charge in [0.05, 0.1) is 6.33 Å². The van der Waals surface area contributed by atoms with Gasteiger partial charge in [-0.2, -0.15) is 0 Å². The van der Waals surface area contributed by atoms with Crippen LogP contribution in [0.1, 0.15) is 6.42 Å². The van der Waals surface area contributed by atoms with E-state index in [0.717, 1.165) is 6.33 Å². The van der Waals surface area contributed by atoms with Crippen LogP contribution in [0, 0.1) is 0 Å². The number of nitrogens with zero attached hydrogens (tertiary/aromatic N) is 1. The molecule has 0 saturated carbocycles. The van der Waals surface area contributed by atoms with Gasteiger partial charge in [-0.3, -0.25) is 4.79 Å². The Morgan fingerprint density at radius 2 is 2.47 bits per heavy atom. The highest BCUT2D eigenvalue weighted by Crippen LogP contribution is 2.10. The maximum absolute atomic E-state index is 11.2. The molecule has 94 valence electrons. The lowest BCUT2D eigenvalue weighted by atomic mass is 10.2. The van der Waals surface area contributed by atoms with Gasteiger partial charge in [-0.25, -0.2) is 9.78 Å². The Hall–Kier alpha value is -2.09. The molecule has 5 N–H and O–H groups in total. The SMILES string of the molecule is COCCC(Nc1nc[nH]c(=O)c1N)C(=O)O. The Labute approximate surface area is 96.8 Å². The van der Waals surface area contributed by atoms with Crippen LogP contribution in [0.2, 0.25) is 0 Å². The standard InChI is InChI=1S/C9H14N4O4/c1-17-3-2-5(9(15)16)13-7-6(10)8(14)12-4-11-7/h4-5H,2-3,10H2,1H3,(H,15,16)(H2,11,12,13,14). The fourth-order valence-corrected chi connectivity index (χ4v) is 1.18. The Balaban J connectivity index is 2.82. The highest BCUT2D eigenvalue weighted by Gasteiger charge is 2.19. The number of H-pyrrole nitrogens is 1. The third-order valence-corrected chi connectivity index (χ3v) is 2.11. The second-order valence-corrected chi connectivity index (χ2v) is 3.31. The van der Waals surface area contributed by atoms with Crippen LogP contribution in [-0.2, 0) is 9.53 Å². The number of carboxylic acid groups (broad SMARTS) is 1. The van der Waals surface area contributed by atoms with Gasteiger partial charge in [0.25, 0.3) is 5.56 Å². The molecule has 0 spiro atoms. The Morgan fingerprint density at radius 1 is 1.76 bits per heavy atom. The molecule has 1 unspecified atom stereocenters. The van der Waals surface area contributed by atoms with Crippen LogP contribution < -0.4 is 16.6 Å². The summed E-state index contributed by atoms with van der Waals surface area (Å²) in [7, 11) is 1.47. The van der Waals surface area contributed by atoms with E-state index in [1.165, 1.54) is 7.11 Å². The Morgan fingerprint density at radius 3 is 3.06 bits per heavy atom. The van der Waals surface area contributed by atoms with Crippen LogP contribution in [0.4, 0.5) is 11.5 Å². The van der Waals surface area contributed by atoms with Gasteiger partial charge in [0.2, 0.25) is 0 Å². The fraction of sp³-hybridized carbons (Fsp3) is 0.444. The van der Waals surface area contributed by atoms with E-state index in [1.807, 2.05) is 0 Å². The zero-order valence-electron chi connectivity index (χ0n) is 9.27. The van der Waals surface area contributed by atoms with Crippen molar-refractivity contribution in [1.82, 2.24) is 9.97 Å². The predicted molar refractivity (Wildman–Crippen MR) is 60.8 cm³/mol. The molecule has 0 aliphatic heterocycles. The summed E-state index contributed by atoms with van der Waals surface area (Å²) in [4.78, 5) is 28.2. The van der Waals surface area contributed by atoms with Gasteiger partial charge in [0, 0.05) is 20.1 Å². The van der Waals surface area contributed by atoms with E-state index >= 15 is 0 Å². The summed E-state index contributed by atoms with van der Waals surface area (Å²) in [6.07, 6.45) is 1.38. The monoisotopic (exact) mass is 242 g/mol. The summed E-state index contributed by atoms with van der Waals surface area (Å²) in [5.74, 6) is -1.01.